The van der Waals surface area contributed by atoms with Crippen molar-refractivity contribution < 1.29 is 0 Å². The highest BCUT2D eigenvalue weighted by Gasteiger charge is 2.10. The first-order valence-corrected chi connectivity index (χ1v) is 6.96. The van der Waals surface area contributed by atoms with Crippen molar-refractivity contribution in [1.29, 1.82) is 0 Å². The number of benzene rings is 1. The summed E-state index contributed by atoms with van der Waals surface area (Å²) in [5.74, 6) is 1.03. The highest BCUT2D eigenvalue weighted by atomic mass is 35.5. The van der Waals surface area contributed by atoms with Crippen LogP contribution in [0.15, 0.2) is 47.5 Å². The van der Waals surface area contributed by atoms with Crippen LogP contribution in [-0.4, -0.2) is 10.9 Å². The Labute approximate surface area is 130 Å². The molecule has 2 aromatic rings. The second kappa shape index (κ2) is 7.09. The van der Waals surface area contributed by atoms with E-state index in [0.29, 0.717) is 11.8 Å². The van der Waals surface area contributed by atoms with Crippen LogP contribution in [0.25, 0.3) is 0 Å². The minimum absolute atomic E-state index is 0. The molecule has 1 heterocycles. The van der Waals surface area contributed by atoms with Crippen molar-refractivity contribution in [2.24, 2.45) is 10.7 Å². The fourth-order valence-corrected chi connectivity index (χ4v) is 2.45. The number of rotatable bonds is 2. The van der Waals surface area contributed by atoms with Crippen LogP contribution in [0, 0.1) is 0 Å². The minimum Gasteiger partial charge on any atom is -0.369 e. The summed E-state index contributed by atoms with van der Waals surface area (Å²) in [5, 5.41) is 3.06. The van der Waals surface area contributed by atoms with Gasteiger partial charge in [0.15, 0.2) is 11.8 Å². The molecule has 0 unspecified atom stereocenters. The Morgan fingerprint density at radius 3 is 2.62 bits per heavy atom. The van der Waals surface area contributed by atoms with Crippen LogP contribution in [-0.2, 0) is 12.8 Å². The van der Waals surface area contributed by atoms with Crippen LogP contribution >= 0.6 is 12.4 Å². The summed E-state index contributed by atoms with van der Waals surface area (Å²) in [4.78, 5) is 8.92. The Kier molecular flexibility index (Phi) is 5.17. The first kappa shape index (κ1) is 15.3. The molecule has 4 nitrogen and oxygen atoms in total. The number of fused-ring (bicyclic) bond motifs is 1. The summed E-state index contributed by atoms with van der Waals surface area (Å²) >= 11 is 0. The summed E-state index contributed by atoms with van der Waals surface area (Å²) in [6.07, 6.45) is 4.65. The van der Waals surface area contributed by atoms with E-state index in [9.17, 15) is 0 Å². The number of para-hydroxylation sites is 1. The largest absolute Gasteiger partial charge is 0.369 e. The molecule has 0 fully saturated rings. The smallest absolute Gasteiger partial charge is 0.199 e. The molecule has 0 aliphatic heterocycles. The van der Waals surface area contributed by atoms with Gasteiger partial charge in [-0.25, -0.2) is 4.98 Å². The average Bonchev–Trinajstić information content (AvgIpc) is 2.48. The maximum absolute atomic E-state index is 5.91. The molecule has 21 heavy (non-hydrogen) atoms. The first-order valence-electron chi connectivity index (χ1n) is 6.96. The fraction of sp³-hybridized carbons (Fsp3) is 0.250. The van der Waals surface area contributed by atoms with E-state index in [0.717, 1.165) is 18.5 Å². The number of aromatic nitrogens is 1. The van der Waals surface area contributed by atoms with E-state index < -0.39 is 0 Å². The van der Waals surface area contributed by atoms with Crippen molar-refractivity contribution in [3.05, 3.63) is 53.7 Å². The van der Waals surface area contributed by atoms with Crippen LogP contribution in [0.3, 0.4) is 0 Å². The summed E-state index contributed by atoms with van der Waals surface area (Å²) in [6, 6.07) is 13.8. The molecule has 1 aliphatic rings. The first-order chi connectivity index (χ1) is 9.81. The van der Waals surface area contributed by atoms with Crippen molar-refractivity contribution >= 4 is 29.9 Å². The van der Waals surface area contributed by atoms with Gasteiger partial charge in [-0.05, 0) is 49.4 Å². The highest BCUT2D eigenvalue weighted by Crippen LogP contribution is 2.22. The SMILES string of the molecule is Cl.NC(=Nc1ccc2c(n1)CCCC2)Nc1ccccc1. The number of aryl methyl sites for hydroxylation is 2. The van der Waals surface area contributed by atoms with Gasteiger partial charge in [-0.15, -0.1) is 12.4 Å². The number of anilines is 1. The van der Waals surface area contributed by atoms with Gasteiger partial charge in [0.25, 0.3) is 0 Å². The van der Waals surface area contributed by atoms with Gasteiger partial charge < -0.3 is 11.1 Å². The lowest BCUT2D eigenvalue weighted by atomic mass is 9.96. The summed E-state index contributed by atoms with van der Waals surface area (Å²) in [7, 11) is 0. The monoisotopic (exact) mass is 302 g/mol. The molecule has 0 saturated heterocycles. The molecule has 1 aromatic carbocycles. The lowest BCUT2D eigenvalue weighted by Crippen LogP contribution is -2.22. The topological polar surface area (TPSA) is 63.3 Å². The average molecular weight is 303 g/mol. The number of hydrogen-bond donors (Lipinski definition) is 2. The normalized spacial score (nSPS) is 14.0. The molecular formula is C16H19ClN4. The zero-order valence-electron chi connectivity index (χ0n) is 11.7. The quantitative estimate of drug-likeness (QED) is 0.660. The molecule has 110 valence electrons. The molecule has 0 spiro atoms. The van der Waals surface area contributed by atoms with E-state index in [4.69, 9.17) is 5.73 Å². The van der Waals surface area contributed by atoms with Gasteiger partial charge in [-0.3, -0.25) is 0 Å². The van der Waals surface area contributed by atoms with Gasteiger partial charge in [0, 0.05) is 11.4 Å². The van der Waals surface area contributed by atoms with Crippen molar-refractivity contribution in [2.45, 2.75) is 25.7 Å². The second-order valence-corrected chi connectivity index (χ2v) is 4.97. The van der Waals surface area contributed by atoms with Gasteiger partial charge >= 0.3 is 0 Å². The predicted octanol–water partition coefficient (Wildman–Crippen LogP) is 3.44. The number of nitrogens with two attached hydrogens (primary N) is 1. The van der Waals surface area contributed by atoms with Gasteiger partial charge in [0.2, 0.25) is 0 Å². The number of guanidine groups is 1. The van der Waals surface area contributed by atoms with Crippen LogP contribution in [0.2, 0.25) is 0 Å². The second-order valence-electron chi connectivity index (χ2n) is 4.97. The third kappa shape index (κ3) is 3.95. The molecule has 0 bridgehead atoms. The molecule has 0 atom stereocenters. The Hall–Kier alpha value is -2.07. The number of pyridine rings is 1. The molecule has 1 aromatic heterocycles. The van der Waals surface area contributed by atoms with Crippen molar-refractivity contribution in [3.63, 3.8) is 0 Å². The van der Waals surface area contributed by atoms with E-state index in [1.54, 1.807) is 0 Å². The molecule has 0 radical (unpaired) electrons. The van der Waals surface area contributed by atoms with E-state index in [-0.39, 0.29) is 12.4 Å². The van der Waals surface area contributed by atoms with Crippen LogP contribution in [0.1, 0.15) is 24.1 Å². The van der Waals surface area contributed by atoms with E-state index in [1.165, 1.54) is 24.1 Å². The Balaban J connectivity index is 0.00000161. The standard InChI is InChI=1S/C16H18N4.ClH/c17-16(18-13-7-2-1-3-8-13)20-15-11-10-12-6-4-5-9-14(12)19-15;/h1-3,7-8,10-11H,4-6,9H2,(H3,17,18,19,20);1H. The van der Waals surface area contributed by atoms with Gasteiger partial charge in [0.1, 0.15) is 0 Å². The van der Waals surface area contributed by atoms with Crippen LogP contribution in [0.4, 0.5) is 11.5 Å². The molecule has 3 rings (SSSR count). The van der Waals surface area contributed by atoms with Crippen molar-refractivity contribution in [2.75, 3.05) is 5.32 Å². The molecule has 3 N–H and O–H groups in total. The van der Waals surface area contributed by atoms with Crippen LogP contribution < -0.4 is 11.1 Å². The van der Waals surface area contributed by atoms with Gasteiger partial charge in [0.05, 0.1) is 0 Å². The number of hydrogen-bond acceptors (Lipinski definition) is 2. The number of nitrogens with one attached hydrogen (secondary N) is 1. The Morgan fingerprint density at radius 2 is 1.81 bits per heavy atom. The molecular weight excluding hydrogens is 284 g/mol. The highest BCUT2D eigenvalue weighted by molar-refractivity contribution is 5.93. The van der Waals surface area contributed by atoms with E-state index in [2.05, 4.69) is 21.4 Å². The van der Waals surface area contributed by atoms with Crippen molar-refractivity contribution in [3.8, 4) is 0 Å². The summed E-state index contributed by atoms with van der Waals surface area (Å²) < 4.78 is 0. The zero-order valence-corrected chi connectivity index (χ0v) is 12.6. The third-order valence-corrected chi connectivity index (χ3v) is 3.44. The number of halogens is 1. The Bertz CT molecular complexity index is 625. The lowest BCUT2D eigenvalue weighted by Gasteiger charge is -2.14. The van der Waals surface area contributed by atoms with Gasteiger partial charge in [-0.2, -0.15) is 4.99 Å². The fourth-order valence-electron chi connectivity index (χ4n) is 2.45. The zero-order chi connectivity index (χ0) is 13.8. The maximum atomic E-state index is 5.91. The summed E-state index contributed by atoms with van der Waals surface area (Å²) in [6.45, 7) is 0. The molecule has 5 heteroatoms. The molecule has 0 amide bonds. The molecule has 0 saturated carbocycles. The van der Waals surface area contributed by atoms with E-state index >= 15 is 0 Å². The molecule has 1 aliphatic carbocycles. The maximum Gasteiger partial charge on any atom is 0.199 e. The number of nitrogens with zero attached hydrogens (tertiary/aromatic N) is 2. The Morgan fingerprint density at radius 1 is 1.05 bits per heavy atom. The number of aliphatic imine (C=N–C) groups is 1. The van der Waals surface area contributed by atoms with Crippen LogP contribution in [0.5, 0.6) is 0 Å². The summed E-state index contributed by atoms with van der Waals surface area (Å²) in [5.41, 5.74) is 9.36. The minimum atomic E-state index is 0. The van der Waals surface area contributed by atoms with Crippen molar-refractivity contribution in [1.82, 2.24) is 4.98 Å². The van der Waals surface area contributed by atoms with Gasteiger partial charge in [-0.1, -0.05) is 24.3 Å². The third-order valence-electron chi connectivity index (χ3n) is 3.44. The lowest BCUT2D eigenvalue weighted by molar-refractivity contribution is 0.668. The van der Waals surface area contributed by atoms with E-state index in [1.807, 2.05) is 36.4 Å². The predicted molar refractivity (Wildman–Crippen MR) is 89.5 cm³/mol.